The largest absolute Gasteiger partial charge is 0.695 e. The molecule has 2 N–H and O–H groups in total. The highest BCUT2D eigenvalue weighted by Gasteiger charge is 2.45. The summed E-state index contributed by atoms with van der Waals surface area (Å²) in [6, 6.07) is 25.8. The molecule has 0 saturated carbocycles. The number of benzene rings is 3. The molecule has 1 fully saturated rings. The summed E-state index contributed by atoms with van der Waals surface area (Å²) in [6.07, 6.45) is -1.21. The molecular formula is C30H30N2O9P+. The molecule has 0 bridgehead atoms. The van der Waals surface area contributed by atoms with Crippen LogP contribution in [0.15, 0.2) is 101 Å². The highest BCUT2D eigenvalue weighted by atomic mass is 31.1. The van der Waals surface area contributed by atoms with Gasteiger partial charge in [-0.15, -0.1) is 9.42 Å². The van der Waals surface area contributed by atoms with Crippen LogP contribution in [0.25, 0.3) is 0 Å². The van der Waals surface area contributed by atoms with E-state index < -0.39 is 43.5 Å². The fourth-order valence-electron chi connectivity index (χ4n) is 5.18. The Morgan fingerprint density at radius 3 is 2.00 bits per heavy atom. The van der Waals surface area contributed by atoms with E-state index >= 15 is 0 Å². The van der Waals surface area contributed by atoms with E-state index in [9.17, 15) is 19.0 Å². The van der Waals surface area contributed by atoms with Crippen LogP contribution in [-0.2, 0) is 24.2 Å². The van der Waals surface area contributed by atoms with Crippen LogP contribution in [0.1, 0.15) is 29.3 Å². The third-order valence-corrected chi connectivity index (χ3v) is 7.66. The highest BCUT2D eigenvalue weighted by molar-refractivity contribution is 7.32. The first kappa shape index (κ1) is 29.4. The number of methoxy groups -OCH3 is 2. The van der Waals surface area contributed by atoms with Crippen molar-refractivity contribution in [1.82, 2.24) is 9.55 Å². The smallest absolute Gasteiger partial charge is 0.497 e. The van der Waals surface area contributed by atoms with E-state index in [1.54, 1.807) is 14.2 Å². The van der Waals surface area contributed by atoms with Crippen LogP contribution in [0.2, 0.25) is 0 Å². The van der Waals surface area contributed by atoms with E-state index in [0.29, 0.717) is 11.5 Å². The lowest BCUT2D eigenvalue weighted by molar-refractivity contribution is -0.0917. The first-order valence-corrected chi connectivity index (χ1v) is 14.3. The lowest BCUT2D eigenvalue weighted by atomic mass is 9.80. The zero-order valence-corrected chi connectivity index (χ0v) is 23.8. The van der Waals surface area contributed by atoms with E-state index in [-0.39, 0.29) is 13.0 Å². The third-order valence-electron chi connectivity index (χ3n) is 7.20. The third kappa shape index (κ3) is 6.06. The molecule has 1 saturated heterocycles. The van der Waals surface area contributed by atoms with Crippen molar-refractivity contribution < 1.29 is 32.9 Å². The van der Waals surface area contributed by atoms with Gasteiger partial charge >= 0.3 is 13.9 Å². The van der Waals surface area contributed by atoms with Crippen molar-refractivity contribution in [1.29, 1.82) is 0 Å². The molecular weight excluding hydrogens is 563 g/mol. The second kappa shape index (κ2) is 12.8. The molecule has 3 aromatic carbocycles. The number of aromatic amines is 1. The number of hydrogen-bond donors (Lipinski definition) is 2. The molecule has 0 radical (unpaired) electrons. The Bertz CT molecular complexity index is 1570. The normalized spacial score (nSPS) is 18.9. The maximum atomic E-state index is 12.5. The Kier molecular flexibility index (Phi) is 8.96. The van der Waals surface area contributed by atoms with Crippen LogP contribution >= 0.6 is 8.25 Å². The molecule has 1 aliphatic rings. The van der Waals surface area contributed by atoms with E-state index in [2.05, 4.69) is 4.98 Å². The van der Waals surface area contributed by atoms with E-state index in [1.165, 1.54) is 16.8 Å². The summed E-state index contributed by atoms with van der Waals surface area (Å²) in [5, 5.41) is 0. The minimum atomic E-state index is -2.98. The Morgan fingerprint density at radius 2 is 1.48 bits per heavy atom. The predicted molar refractivity (Wildman–Crippen MR) is 153 cm³/mol. The lowest BCUT2D eigenvalue weighted by Crippen LogP contribution is -2.38. The van der Waals surface area contributed by atoms with Crippen molar-refractivity contribution >= 4 is 8.25 Å². The minimum absolute atomic E-state index is 0.0744. The number of hydrogen-bond acceptors (Lipinski definition) is 8. The molecule has 12 heteroatoms. The molecule has 42 heavy (non-hydrogen) atoms. The topological polar surface area (TPSA) is 138 Å². The van der Waals surface area contributed by atoms with E-state index in [0.717, 1.165) is 16.7 Å². The molecule has 4 atom stereocenters. The van der Waals surface area contributed by atoms with Gasteiger partial charge in [-0.3, -0.25) is 14.3 Å². The Hall–Kier alpha value is -4.12. The molecule has 218 valence electrons. The van der Waals surface area contributed by atoms with Crippen LogP contribution in [-0.4, -0.2) is 47.5 Å². The molecule has 1 aliphatic heterocycles. The molecule has 1 unspecified atom stereocenters. The number of aromatic nitrogens is 2. The van der Waals surface area contributed by atoms with E-state index in [4.69, 9.17) is 23.5 Å². The monoisotopic (exact) mass is 593 g/mol. The molecule has 2 heterocycles. The van der Waals surface area contributed by atoms with Gasteiger partial charge in [-0.25, -0.2) is 4.79 Å². The molecule has 0 aliphatic carbocycles. The SMILES string of the molecule is COc1ccc(C(OC[C@H]2O[C@@H](n3ccc(=O)[nH]c3=O)C[C@H]2O[P+](=O)O)(c2ccccc2)c2ccc(OC)cc2)cc1. The summed E-state index contributed by atoms with van der Waals surface area (Å²) in [5.41, 5.74) is 0.0106. The van der Waals surface area contributed by atoms with Crippen molar-refractivity contribution in [3.8, 4) is 11.5 Å². The number of nitrogens with one attached hydrogen (secondary N) is 1. The van der Waals surface area contributed by atoms with Gasteiger partial charge in [-0.2, -0.15) is 0 Å². The fourth-order valence-corrected chi connectivity index (χ4v) is 5.64. The molecule has 1 aromatic heterocycles. The van der Waals surface area contributed by atoms with Gasteiger partial charge in [0, 0.05) is 23.2 Å². The summed E-state index contributed by atoms with van der Waals surface area (Å²) in [5.74, 6) is 1.34. The van der Waals surface area contributed by atoms with Crippen LogP contribution in [0.3, 0.4) is 0 Å². The van der Waals surface area contributed by atoms with Crippen molar-refractivity contribution in [2.75, 3.05) is 20.8 Å². The summed E-state index contributed by atoms with van der Waals surface area (Å²) >= 11 is 0. The van der Waals surface area contributed by atoms with Crippen LogP contribution in [0, 0.1) is 0 Å². The average molecular weight is 594 g/mol. The molecule has 5 rings (SSSR count). The fraction of sp³-hybridized carbons (Fsp3) is 0.267. The maximum Gasteiger partial charge on any atom is 0.695 e. The summed E-state index contributed by atoms with van der Waals surface area (Å²) in [6.45, 7) is -0.0879. The van der Waals surface area contributed by atoms with Crippen LogP contribution in [0.5, 0.6) is 11.5 Å². The van der Waals surface area contributed by atoms with Gasteiger partial charge in [0.15, 0.2) is 0 Å². The Labute approximate surface area is 242 Å². The predicted octanol–water partition coefficient (Wildman–Crippen LogP) is 3.88. The van der Waals surface area contributed by atoms with Gasteiger partial charge in [-0.05, 0) is 41.0 Å². The second-order valence-electron chi connectivity index (χ2n) is 9.58. The van der Waals surface area contributed by atoms with Gasteiger partial charge < -0.3 is 18.9 Å². The Morgan fingerprint density at radius 1 is 0.905 bits per heavy atom. The summed E-state index contributed by atoms with van der Waals surface area (Å²) in [7, 11) is 0.202. The highest BCUT2D eigenvalue weighted by Crippen LogP contribution is 2.43. The maximum absolute atomic E-state index is 12.5. The number of nitrogens with zero attached hydrogens (tertiary/aromatic N) is 1. The van der Waals surface area contributed by atoms with Crippen molar-refractivity contribution in [2.45, 2.75) is 30.5 Å². The number of ether oxygens (including phenoxy) is 4. The first-order valence-electron chi connectivity index (χ1n) is 13.1. The molecule has 0 amide bonds. The van der Waals surface area contributed by atoms with Crippen LogP contribution in [0.4, 0.5) is 0 Å². The molecule has 11 nitrogen and oxygen atoms in total. The quantitative estimate of drug-likeness (QED) is 0.196. The first-order chi connectivity index (χ1) is 20.3. The minimum Gasteiger partial charge on any atom is -0.497 e. The van der Waals surface area contributed by atoms with Crippen molar-refractivity contribution in [3.63, 3.8) is 0 Å². The van der Waals surface area contributed by atoms with Gasteiger partial charge in [-0.1, -0.05) is 54.6 Å². The standard InChI is InChI=1S/C30H29N2O9P/c1-37-23-12-8-21(9-13-23)30(20-6-4-3-5-7-20,22-10-14-24(38-2)15-11-22)39-19-26-25(41-42(35)36)18-28(40-26)32-17-16-27(33)31-29(32)34/h3-17,25-26,28H,18-19H2,1-2H3,(H-,31,33,34,35,36)/p+1/t25-,26-,28-/m1/s1. The molecule has 0 spiro atoms. The Balaban J connectivity index is 1.57. The summed E-state index contributed by atoms with van der Waals surface area (Å²) in [4.78, 5) is 35.8. The zero-order valence-electron chi connectivity index (χ0n) is 22.9. The van der Waals surface area contributed by atoms with Gasteiger partial charge in [0.25, 0.3) is 5.56 Å². The second-order valence-corrected chi connectivity index (χ2v) is 10.3. The van der Waals surface area contributed by atoms with Crippen molar-refractivity contribution in [3.05, 3.63) is 129 Å². The van der Waals surface area contributed by atoms with Crippen LogP contribution < -0.4 is 20.7 Å². The van der Waals surface area contributed by atoms with E-state index in [1.807, 2.05) is 78.9 Å². The zero-order chi connectivity index (χ0) is 29.7. The molecule has 4 aromatic rings. The number of H-pyrrole nitrogens is 1. The number of rotatable bonds is 11. The lowest BCUT2D eigenvalue weighted by Gasteiger charge is -2.37. The van der Waals surface area contributed by atoms with Gasteiger partial charge in [0.2, 0.25) is 0 Å². The van der Waals surface area contributed by atoms with Gasteiger partial charge in [0.1, 0.15) is 35.5 Å². The van der Waals surface area contributed by atoms with Gasteiger partial charge in [0.05, 0.1) is 20.8 Å². The average Bonchev–Trinajstić information content (AvgIpc) is 3.40. The van der Waals surface area contributed by atoms with Crippen molar-refractivity contribution in [2.24, 2.45) is 0 Å². The summed E-state index contributed by atoms with van der Waals surface area (Å²) < 4.78 is 42.1.